The molecule has 4 aromatic rings. The lowest BCUT2D eigenvalue weighted by Crippen LogP contribution is -2.31. The molecule has 1 aliphatic rings. The predicted octanol–water partition coefficient (Wildman–Crippen LogP) is 5.74. The topological polar surface area (TPSA) is 111 Å². The molecule has 1 aliphatic heterocycles. The largest absolute Gasteiger partial charge is 0.491 e. The Labute approximate surface area is 235 Å². The first kappa shape index (κ1) is 27.9. The van der Waals surface area contributed by atoms with Crippen molar-refractivity contribution in [3.8, 4) is 22.7 Å². The molecule has 5 rings (SSSR count). The highest BCUT2D eigenvalue weighted by atomic mass is 19.4. The van der Waals surface area contributed by atoms with E-state index in [4.69, 9.17) is 15.6 Å². The highest BCUT2D eigenvalue weighted by Crippen LogP contribution is 2.38. The number of rotatable bonds is 7. The fourth-order valence-electron chi connectivity index (χ4n) is 4.79. The fraction of sp³-hybridized carbons (Fsp3) is 0.310. The van der Waals surface area contributed by atoms with Gasteiger partial charge in [0.2, 0.25) is 0 Å². The van der Waals surface area contributed by atoms with E-state index in [1.165, 1.54) is 0 Å². The number of para-hydroxylation sites is 1. The molecule has 0 saturated carbocycles. The van der Waals surface area contributed by atoms with Crippen LogP contribution in [-0.2, 0) is 19.1 Å². The van der Waals surface area contributed by atoms with Crippen LogP contribution in [-0.4, -0.2) is 38.9 Å². The second kappa shape index (κ2) is 11.1. The van der Waals surface area contributed by atoms with Gasteiger partial charge in [-0.1, -0.05) is 38.1 Å². The molecule has 41 heavy (non-hydrogen) atoms. The summed E-state index contributed by atoms with van der Waals surface area (Å²) in [5.74, 6) is 1.36. The van der Waals surface area contributed by atoms with Crippen molar-refractivity contribution in [3.63, 3.8) is 0 Å². The molecule has 0 spiro atoms. The number of aromatic nitrogens is 4. The molecular weight excluding hydrogens is 535 g/mol. The first-order chi connectivity index (χ1) is 19.5. The molecule has 0 bridgehead atoms. The number of alkyl halides is 3. The summed E-state index contributed by atoms with van der Waals surface area (Å²) in [6, 6.07) is 12.4. The van der Waals surface area contributed by atoms with Crippen LogP contribution in [0.1, 0.15) is 36.4 Å². The van der Waals surface area contributed by atoms with Crippen molar-refractivity contribution in [3.05, 3.63) is 77.4 Å². The minimum Gasteiger partial charge on any atom is -0.491 e. The number of hydrogen-bond donors (Lipinski definition) is 2. The molecule has 0 fully saturated rings. The van der Waals surface area contributed by atoms with Gasteiger partial charge in [0.15, 0.2) is 5.69 Å². The molecule has 0 aliphatic carbocycles. The zero-order valence-corrected chi connectivity index (χ0v) is 22.9. The fourth-order valence-corrected chi connectivity index (χ4v) is 4.79. The zero-order valence-electron chi connectivity index (χ0n) is 22.9. The lowest BCUT2D eigenvalue weighted by atomic mass is 10.00. The molecule has 214 valence electrons. The molecule has 2 aromatic heterocycles. The average molecular weight is 566 g/mol. The Morgan fingerprint density at radius 3 is 2.51 bits per heavy atom. The summed E-state index contributed by atoms with van der Waals surface area (Å²) in [5.41, 5.74) is 9.96. The van der Waals surface area contributed by atoms with Gasteiger partial charge in [0.1, 0.15) is 17.3 Å². The molecule has 0 radical (unpaired) electrons. The maximum Gasteiger partial charge on any atom is 0.434 e. The van der Waals surface area contributed by atoms with E-state index in [-0.39, 0.29) is 0 Å². The number of anilines is 2. The number of nitrogens with zero attached hydrogens (tertiary/aromatic N) is 5. The van der Waals surface area contributed by atoms with Crippen LogP contribution in [0, 0.1) is 12.8 Å². The normalized spacial score (nSPS) is 13.3. The summed E-state index contributed by atoms with van der Waals surface area (Å²) in [6.45, 7) is 7.55. The number of aryl methyl sites for hydroxylation is 1. The number of benzene rings is 2. The number of primary amides is 1. The van der Waals surface area contributed by atoms with Gasteiger partial charge in [0.25, 0.3) is 0 Å². The van der Waals surface area contributed by atoms with E-state index >= 15 is 0 Å². The van der Waals surface area contributed by atoms with Gasteiger partial charge in [0.05, 0.1) is 30.4 Å². The third-order valence-electron chi connectivity index (χ3n) is 6.70. The minimum absolute atomic E-state index is 0.317. The molecule has 3 heterocycles. The molecule has 12 heteroatoms. The Balaban J connectivity index is 1.61. The van der Waals surface area contributed by atoms with Crippen molar-refractivity contribution in [1.82, 2.24) is 19.7 Å². The van der Waals surface area contributed by atoms with Crippen LogP contribution >= 0.6 is 0 Å². The summed E-state index contributed by atoms with van der Waals surface area (Å²) >= 11 is 0. The van der Waals surface area contributed by atoms with Crippen molar-refractivity contribution < 1.29 is 22.7 Å². The molecule has 0 saturated heterocycles. The molecular formula is C29H30F3N7O2. The SMILES string of the molecule is Cc1cccc(OCC(C)C)c1-n1nc2c(c1-c1ccc(NC(N)=O)cc1)CN(c1cnc(C(F)(F)F)cn1)CC2. The van der Waals surface area contributed by atoms with Gasteiger partial charge in [-0.25, -0.2) is 19.4 Å². The average Bonchev–Trinajstić information content (AvgIpc) is 3.29. The van der Waals surface area contributed by atoms with Crippen molar-refractivity contribution >= 4 is 17.5 Å². The number of carbonyl (C=O) groups excluding carboxylic acids is 1. The van der Waals surface area contributed by atoms with Gasteiger partial charge < -0.3 is 20.7 Å². The molecule has 0 atom stereocenters. The lowest BCUT2D eigenvalue weighted by Gasteiger charge is -2.28. The van der Waals surface area contributed by atoms with Crippen LogP contribution in [0.5, 0.6) is 5.75 Å². The number of fused-ring (bicyclic) bond motifs is 1. The molecule has 3 N–H and O–H groups in total. The van der Waals surface area contributed by atoms with Gasteiger partial charge >= 0.3 is 12.2 Å². The Kier molecular flexibility index (Phi) is 7.57. The highest BCUT2D eigenvalue weighted by molar-refractivity contribution is 5.88. The van der Waals surface area contributed by atoms with Gasteiger partial charge in [-0.05, 0) is 36.6 Å². The van der Waals surface area contributed by atoms with Crippen LogP contribution in [0.4, 0.5) is 29.5 Å². The van der Waals surface area contributed by atoms with E-state index in [0.29, 0.717) is 49.3 Å². The van der Waals surface area contributed by atoms with E-state index in [1.54, 1.807) is 12.1 Å². The number of halogens is 3. The van der Waals surface area contributed by atoms with Gasteiger partial charge in [0, 0.05) is 36.3 Å². The van der Waals surface area contributed by atoms with Crippen molar-refractivity contribution in [2.75, 3.05) is 23.4 Å². The Morgan fingerprint density at radius 2 is 1.88 bits per heavy atom. The lowest BCUT2D eigenvalue weighted by molar-refractivity contribution is -0.141. The predicted molar refractivity (Wildman–Crippen MR) is 149 cm³/mol. The van der Waals surface area contributed by atoms with Gasteiger partial charge in [-0.15, -0.1) is 0 Å². The number of ether oxygens (including phenoxy) is 1. The monoisotopic (exact) mass is 565 g/mol. The first-order valence-corrected chi connectivity index (χ1v) is 13.2. The van der Waals surface area contributed by atoms with E-state index < -0.39 is 17.9 Å². The number of urea groups is 1. The maximum atomic E-state index is 13.1. The summed E-state index contributed by atoms with van der Waals surface area (Å²) < 4.78 is 47.3. The standard InChI is InChI=1S/C29H30F3N7O2/c1-17(2)16-41-23-6-4-5-18(3)26(23)39-27(19-7-9-20(10-8-19)36-28(33)40)21-15-38(12-11-22(21)37-39)25-14-34-24(13-35-25)29(30,31)32/h4-10,13-14,17H,11-12,15-16H2,1-3H3,(H3,33,36,40). The Bertz CT molecular complexity index is 1550. The van der Waals surface area contributed by atoms with E-state index in [0.717, 1.165) is 46.2 Å². The van der Waals surface area contributed by atoms with Gasteiger partial charge in [-0.2, -0.15) is 18.3 Å². The maximum absolute atomic E-state index is 13.1. The second-order valence-electron chi connectivity index (χ2n) is 10.3. The van der Waals surface area contributed by atoms with E-state index in [9.17, 15) is 18.0 Å². The summed E-state index contributed by atoms with van der Waals surface area (Å²) in [4.78, 5) is 20.9. The summed E-state index contributed by atoms with van der Waals surface area (Å²) in [7, 11) is 0. The number of nitrogens with one attached hydrogen (secondary N) is 1. The smallest absolute Gasteiger partial charge is 0.434 e. The van der Waals surface area contributed by atoms with Gasteiger partial charge in [-0.3, -0.25) is 0 Å². The Morgan fingerprint density at radius 1 is 1.12 bits per heavy atom. The number of amides is 2. The third kappa shape index (κ3) is 5.96. The number of carbonyl (C=O) groups is 1. The quantitative estimate of drug-likeness (QED) is 0.296. The van der Waals surface area contributed by atoms with Crippen molar-refractivity contribution in [1.29, 1.82) is 0 Å². The van der Waals surface area contributed by atoms with E-state index in [2.05, 4.69) is 29.1 Å². The number of nitrogens with two attached hydrogens (primary N) is 1. The molecule has 0 unspecified atom stereocenters. The van der Waals surface area contributed by atoms with Crippen LogP contribution in [0.15, 0.2) is 54.9 Å². The third-order valence-corrected chi connectivity index (χ3v) is 6.70. The van der Waals surface area contributed by atoms with Crippen LogP contribution in [0.3, 0.4) is 0 Å². The van der Waals surface area contributed by atoms with Crippen LogP contribution in [0.2, 0.25) is 0 Å². The van der Waals surface area contributed by atoms with E-state index in [1.807, 2.05) is 46.8 Å². The van der Waals surface area contributed by atoms with Crippen molar-refractivity contribution in [2.24, 2.45) is 11.7 Å². The zero-order chi connectivity index (χ0) is 29.3. The summed E-state index contributed by atoms with van der Waals surface area (Å²) in [5, 5.41) is 7.59. The molecule has 2 aromatic carbocycles. The summed E-state index contributed by atoms with van der Waals surface area (Å²) in [6.07, 6.45) is -2.10. The molecule has 9 nitrogen and oxygen atoms in total. The first-order valence-electron chi connectivity index (χ1n) is 13.2. The minimum atomic E-state index is -4.56. The van der Waals surface area contributed by atoms with Crippen molar-refractivity contribution in [2.45, 2.75) is 39.9 Å². The Hall–Kier alpha value is -4.61. The van der Waals surface area contributed by atoms with Crippen LogP contribution < -0.4 is 20.7 Å². The highest BCUT2D eigenvalue weighted by Gasteiger charge is 2.34. The second-order valence-corrected chi connectivity index (χ2v) is 10.3. The van der Waals surface area contributed by atoms with Crippen LogP contribution in [0.25, 0.3) is 16.9 Å². The number of hydrogen-bond acceptors (Lipinski definition) is 6. The molecule has 2 amide bonds.